The topological polar surface area (TPSA) is 78.6 Å². The number of nitrogens with two attached hydrogens (primary N) is 1. The molecule has 0 aromatic carbocycles. The molecule has 0 atom stereocenters. The Labute approximate surface area is 59.8 Å². The minimum atomic E-state index is -0.532. The van der Waals surface area contributed by atoms with E-state index < -0.39 is 6.03 Å². The van der Waals surface area contributed by atoms with E-state index in [-0.39, 0.29) is 6.61 Å². The quantitative estimate of drug-likeness (QED) is 0.441. The van der Waals surface area contributed by atoms with E-state index in [0.29, 0.717) is 13.1 Å². The summed E-state index contributed by atoms with van der Waals surface area (Å²) >= 11 is 0. The third-order valence-electron chi connectivity index (χ3n) is 0.997. The van der Waals surface area contributed by atoms with Crippen molar-refractivity contribution >= 4 is 6.03 Å². The Balaban J connectivity index is 3.50. The van der Waals surface area contributed by atoms with Gasteiger partial charge in [-0.05, 0) is 6.92 Å². The molecule has 0 saturated carbocycles. The van der Waals surface area contributed by atoms with Gasteiger partial charge in [0.25, 0.3) is 0 Å². The highest BCUT2D eigenvalue weighted by molar-refractivity contribution is 5.71. The van der Waals surface area contributed by atoms with Crippen LogP contribution in [0, 0.1) is 0 Å². The number of carbonyl (C=O) groups is 1. The average molecular weight is 147 g/mol. The lowest BCUT2D eigenvalue weighted by Crippen LogP contribution is -2.46. The molecule has 0 spiro atoms. The number of hydrogen-bond acceptors (Lipinski definition) is 3. The fourth-order valence-corrected chi connectivity index (χ4v) is 0.531. The summed E-state index contributed by atoms with van der Waals surface area (Å²) in [6.07, 6.45) is 0. The predicted octanol–water partition coefficient (Wildman–Crippen LogP) is -1.12. The second-order valence-corrected chi connectivity index (χ2v) is 1.71. The van der Waals surface area contributed by atoms with Crippen molar-refractivity contribution in [1.29, 1.82) is 0 Å². The molecule has 0 unspecified atom stereocenters. The molecule has 0 aromatic rings. The first-order chi connectivity index (χ1) is 4.72. The molecular formula is C5H13N3O2. The third-order valence-corrected chi connectivity index (χ3v) is 0.997. The summed E-state index contributed by atoms with van der Waals surface area (Å²) in [5, 5.41) is 9.58. The van der Waals surface area contributed by atoms with Crippen LogP contribution in [0.3, 0.4) is 0 Å². The molecule has 0 saturated heterocycles. The monoisotopic (exact) mass is 147 g/mol. The predicted molar refractivity (Wildman–Crippen MR) is 37.1 cm³/mol. The smallest absolute Gasteiger partial charge is 0.329 e. The molecule has 0 fully saturated rings. The van der Waals surface area contributed by atoms with Gasteiger partial charge in [0.1, 0.15) is 0 Å². The van der Waals surface area contributed by atoms with Gasteiger partial charge in [0.2, 0.25) is 0 Å². The molecule has 0 aromatic heterocycles. The average Bonchev–Trinajstić information content (AvgIpc) is 1.89. The maximum Gasteiger partial charge on any atom is 0.329 e. The Morgan fingerprint density at radius 2 is 2.40 bits per heavy atom. The fourth-order valence-electron chi connectivity index (χ4n) is 0.531. The first-order valence-electron chi connectivity index (χ1n) is 3.13. The van der Waals surface area contributed by atoms with E-state index in [1.807, 2.05) is 0 Å². The van der Waals surface area contributed by atoms with E-state index in [0.717, 1.165) is 0 Å². The SMILES string of the molecule is CCN(NCCO)C(N)=O. The lowest BCUT2D eigenvalue weighted by Gasteiger charge is -2.17. The largest absolute Gasteiger partial charge is 0.395 e. The van der Waals surface area contributed by atoms with Gasteiger partial charge < -0.3 is 10.8 Å². The van der Waals surface area contributed by atoms with Gasteiger partial charge >= 0.3 is 6.03 Å². The number of rotatable bonds is 4. The van der Waals surface area contributed by atoms with Crippen LogP contribution in [0.2, 0.25) is 0 Å². The Morgan fingerprint density at radius 1 is 1.80 bits per heavy atom. The van der Waals surface area contributed by atoms with E-state index in [1.165, 1.54) is 5.01 Å². The summed E-state index contributed by atoms with van der Waals surface area (Å²) in [6.45, 7) is 2.62. The first kappa shape index (κ1) is 9.19. The zero-order valence-electron chi connectivity index (χ0n) is 6.00. The van der Waals surface area contributed by atoms with Gasteiger partial charge in [0.15, 0.2) is 0 Å². The minimum absolute atomic E-state index is 0.0101. The molecule has 0 rings (SSSR count). The maximum atomic E-state index is 10.4. The van der Waals surface area contributed by atoms with Crippen molar-refractivity contribution < 1.29 is 9.90 Å². The van der Waals surface area contributed by atoms with Crippen molar-refractivity contribution in [3.8, 4) is 0 Å². The lowest BCUT2D eigenvalue weighted by atomic mass is 10.7. The number of primary amides is 1. The highest BCUT2D eigenvalue weighted by atomic mass is 16.3. The number of aliphatic hydroxyl groups excluding tert-OH is 1. The summed E-state index contributed by atoms with van der Waals surface area (Å²) in [6, 6.07) is -0.532. The maximum absolute atomic E-state index is 10.4. The van der Waals surface area contributed by atoms with E-state index in [2.05, 4.69) is 5.43 Å². The first-order valence-corrected chi connectivity index (χ1v) is 3.13. The summed E-state index contributed by atoms with van der Waals surface area (Å²) in [7, 11) is 0. The number of amides is 2. The van der Waals surface area contributed by atoms with Crippen molar-refractivity contribution in [2.75, 3.05) is 19.7 Å². The van der Waals surface area contributed by atoms with Gasteiger partial charge in [-0.15, -0.1) is 0 Å². The van der Waals surface area contributed by atoms with E-state index in [9.17, 15) is 4.79 Å². The van der Waals surface area contributed by atoms with Gasteiger partial charge in [0.05, 0.1) is 6.61 Å². The molecule has 0 aliphatic carbocycles. The van der Waals surface area contributed by atoms with E-state index >= 15 is 0 Å². The molecule has 0 heterocycles. The summed E-state index contributed by atoms with van der Waals surface area (Å²) in [5.41, 5.74) is 7.56. The summed E-state index contributed by atoms with van der Waals surface area (Å²) in [5.74, 6) is 0. The Bertz CT molecular complexity index is 107. The highest BCUT2D eigenvalue weighted by Gasteiger charge is 2.03. The number of hydrogen-bond donors (Lipinski definition) is 3. The minimum Gasteiger partial charge on any atom is -0.395 e. The molecule has 0 aliphatic rings. The molecule has 2 amide bonds. The van der Waals surface area contributed by atoms with Crippen molar-refractivity contribution in [3.05, 3.63) is 0 Å². The summed E-state index contributed by atoms with van der Waals surface area (Å²) < 4.78 is 0. The zero-order chi connectivity index (χ0) is 7.98. The standard InChI is InChI=1S/C5H13N3O2/c1-2-8(5(6)10)7-3-4-9/h7,9H,2-4H2,1H3,(H2,6,10). The Morgan fingerprint density at radius 3 is 2.70 bits per heavy atom. The Kier molecular flexibility index (Phi) is 4.61. The van der Waals surface area contributed by atoms with E-state index in [4.69, 9.17) is 10.8 Å². The van der Waals surface area contributed by atoms with Gasteiger partial charge in [-0.25, -0.2) is 10.2 Å². The molecular weight excluding hydrogens is 134 g/mol. The van der Waals surface area contributed by atoms with Crippen LogP contribution in [-0.2, 0) is 0 Å². The van der Waals surface area contributed by atoms with Crippen molar-refractivity contribution in [2.45, 2.75) is 6.92 Å². The Hall–Kier alpha value is -0.810. The highest BCUT2D eigenvalue weighted by Crippen LogP contribution is 1.78. The molecule has 0 bridgehead atoms. The van der Waals surface area contributed by atoms with Crippen LogP contribution in [0.15, 0.2) is 0 Å². The number of urea groups is 1. The lowest BCUT2D eigenvalue weighted by molar-refractivity contribution is 0.172. The molecule has 0 radical (unpaired) electrons. The van der Waals surface area contributed by atoms with Gasteiger partial charge in [-0.2, -0.15) is 0 Å². The van der Waals surface area contributed by atoms with Gasteiger partial charge in [-0.1, -0.05) is 0 Å². The number of nitrogens with zero attached hydrogens (tertiary/aromatic N) is 1. The number of hydrazine groups is 1. The molecule has 5 heteroatoms. The molecule has 60 valence electrons. The second kappa shape index (κ2) is 5.01. The molecule has 10 heavy (non-hydrogen) atoms. The van der Waals surface area contributed by atoms with Crippen LogP contribution in [0.5, 0.6) is 0 Å². The third kappa shape index (κ3) is 3.26. The van der Waals surface area contributed by atoms with Gasteiger partial charge in [0, 0.05) is 13.1 Å². The van der Waals surface area contributed by atoms with Crippen LogP contribution in [0.25, 0.3) is 0 Å². The van der Waals surface area contributed by atoms with Crippen LogP contribution < -0.4 is 11.2 Å². The fraction of sp³-hybridized carbons (Fsp3) is 0.800. The van der Waals surface area contributed by atoms with Crippen LogP contribution in [0.1, 0.15) is 6.92 Å². The van der Waals surface area contributed by atoms with Crippen LogP contribution in [-0.4, -0.2) is 35.8 Å². The zero-order valence-corrected chi connectivity index (χ0v) is 6.00. The van der Waals surface area contributed by atoms with Crippen molar-refractivity contribution in [3.63, 3.8) is 0 Å². The van der Waals surface area contributed by atoms with E-state index in [1.54, 1.807) is 6.92 Å². The van der Waals surface area contributed by atoms with Crippen molar-refractivity contribution in [1.82, 2.24) is 10.4 Å². The number of carbonyl (C=O) groups excluding carboxylic acids is 1. The molecule has 5 nitrogen and oxygen atoms in total. The van der Waals surface area contributed by atoms with Crippen molar-refractivity contribution in [2.24, 2.45) is 5.73 Å². The summed E-state index contributed by atoms with van der Waals surface area (Å²) in [4.78, 5) is 10.4. The van der Waals surface area contributed by atoms with Crippen LogP contribution >= 0.6 is 0 Å². The van der Waals surface area contributed by atoms with Crippen LogP contribution in [0.4, 0.5) is 4.79 Å². The number of nitrogens with one attached hydrogen (secondary N) is 1. The number of aliphatic hydroxyl groups is 1. The molecule has 4 N–H and O–H groups in total. The normalized spacial score (nSPS) is 9.40. The molecule has 0 aliphatic heterocycles. The van der Waals surface area contributed by atoms with Gasteiger partial charge in [-0.3, -0.25) is 5.01 Å². The second-order valence-electron chi connectivity index (χ2n) is 1.71.